The molecule has 68 valence electrons. The molecule has 0 spiro atoms. The lowest BCUT2D eigenvalue weighted by molar-refractivity contribution is 0.795. The van der Waals surface area contributed by atoms with Gasteiger partial charge in [0.1, 0.15) is 11.0 Å². The summed E-state index contributed by atoms with van der Waals surface area (Å²) in [5.41, 5.74) is 0.880. The van der Waals surface area contributed by atoms with Crippen LogP contribution in [0, 0.1) is 11.3 Å². The van der Waals surface area contributed by atoms with Crippen molar-refractivity contribution in [2.45, 2.75) is 26.2 Å². The Bertz CT molecular complexity index is 341. The Morgan fingerprint density at radius 3 is 2.77 bits per heavy atom. The zero-order chi connectivity index (χ0) is 9.84. The van der Waals surface area contributed by atoms with Crippen LogP contribution in [0.3, 0.4) is 0 Å². The van der Waals surface area contributed by atoms with E-state index < -0.39 is 0 Å². The van der Waals surface area contributed by atoms with Crippen molar-refractivity contribution in [3.05, 3.63) is 22.7 Å². The monoisotopic (exact) mass is 195 g/mol. The number of halogens is 1. The fourth-order valence-electron chi connectivity index (χ4n) is 0.929. The molecule has 0 atom stereocenters. The van der Waals surface area contributed by atoms with Crippen LogP contribution in [0.4, 0.5) is 0 Å². The summed E-state index contributed by atoms with van der Waals surface area (Å²) in [6.07, 6.45) is 0.209. The average molecular weight is 196 g/mol. The Morgan fingerprint density at radius 1 is 1.54 bits per heavy atom. The maximum absolute atomic E-state index is 8.47. The predicted octanol–water partition coefficient (Wildman–Crippen LogP) is 2.32. The first kappa shape index (κ1) is 9.94. The number of hydrogen-bond acceptors (Lipinski definition) is 3. The Kier molecular flexibility index (Phi) is 3.21. The van der Waals surface area contributed by atoms with E-state index >= 15 is 0 Å². The van der Waals surface area contributed by atoms with E-state index in [-0.39, 0.29) is 6.42 Å². The standard InChI is InChI=1S/C9H10ClN3/c1-6(2)7-5-8(10)13-9(12-7)3-4-11/h5-6H,3H2,1-2H3. The van der Waals surface area contributed by atoms with Gasteiger partial charge >= 0.3 is 0 Å². The van der Waals surface area contributed by atoms with Crippen molar-refractivity contribution in [1.29, 1.82) is 5.26 Å². The fourth-order valence-corrected chi connectivity index (χ4v) is 1.14. The van der Waals surface area contributed by atoms with Gasteiger partial charge in [-0.25, -0.2) is 9.97 Å². The van der Waals surface area contributed by atoms with E-state index in [1.165, 1.54) is 0 Å². The molecule has 1 aromatic heterocycles. The molecule has 1 aromatic rings. The molecule has 0 aliphatic rings. The van der Waals surface area contributed by atoms with Crippen LogP contribution in [-0.2, 0) is 6.42 Å². The summed E-state index contributed by atoms with van der Waals surface area (Å²) >= 11 is 5.77. The number of hydrogen-bond donors (Lipinski definition) is 0. The minimum absolute atomic E-state index is 0.209. The second-order valence-corrected chi connectivity index (χ2v) is 3.41. The van der Waals surface area contributed by atoms with Crippen molar-refractivity contribution in [3.63, 3.8) is 0 Å². The Labute approximate surface area is 82.4 Å². The van der Waals surface area contributed by atoms with E-state index in [1.54, 1.807) is 6.07 Å². The summed E-state index contributed by atoms with van der Waals surface area (Å²) in [5, 5.41) is 8.87. The average Bonchev–Trinajstić information content (AvgIpc) is 2.03. The topological polar surface area (TPSA) is 49.6 Å². The molecule has 4 heteroatoms. The van der Waals surface area contributed by atoms with Crippen LogP contribution in [0.25, 0.3) is 0 Å². The second kappa shape index (κ2) is 4.20. The molecular formula is C9H10ClN3. The molecule has 0 N–H and O–H groups in total. The van der Waals surface area contributed by atoms with Crippen molar-refractivity contribution in [2.24, 2.45) is 0 Å². The molecule has 0 fully saturated rings. The molecule has 0 saturated carbocycles. The quantitative estimate of drug-likeness (QED) is 0.681. The second-order valence-electron chi connectivity index (χ2n) is 3.02. The first-order valence-corrected chi connectivity index (χ1v) is 4.41. The van der Waals surface area contributed by atoms with E-state index in [0.29, 0.717) is 16.9 Å². The van der Waals surface area contributed by atoms with Crippen LogP contribution < -0.4 is 0 Å². The smallest absolute Gasteiger partial charge is 0.144 e. The maximum Gasteiger partial charge on any atom is 0.144 e. The van der Waals surface area contributed by atoms with Gasteiger partial charge in [-0.3, -0.25) is 0 Å². The number of nitriles is 1. The SMILES string of the molecule is CC(C)c1cc(Cl)nc(CC#N)n1. The highest BCUT2D eigenvalue weighted by Gasteiger charge is 2.05. The van der Waals surface area contributed by atoms with Crippen LogP contribution in [0.15, 0.2) is 6.07 Å². The molecule has 0 aliphatic heterocycles. The lowest BCUT2D eigenvalue weighted by Gasteiger charge is -2.05. The summed E-state index contributed by atoms with van der Waals surface area (Å²) in [5.74, 6) is 0.802. The van der Waals surface area contributed by atoms with Crippen LogP contribution in [0.5, 0.6) is 0 Å². The summed E-state index contributed by atoms with van der Waals surface area (Å²) in [6, 6.07) is 3.72. The zero-order valence-electron chi connectivity index (χ0n) is 7.58. The lowest BCUT2D eigenvalue weighted by atomic mass is 10.1. The van der Waals surface area contributed by atoms with Gasteiger partial charge in [-0.1, -0.05) is 25.4 Å². The number of nitrogens with zero attached hydrogens (tertiary/aromatic N) is 3. The molecule has 1 heterocycles. The third kappa shape index (κ3) is 2.67. The van der Waals surface area contributed by atoms with Gasteiger partial charge in [0.25, 0.3) is 0 Å². The van der Waals surface area contributed by atoms with Gasteiger partial charge in [-0.15, -0.1) is 0 Å². The molecule has 0 amide bonds. The van der Waals surface area contributed by atoms with Gasteiger partial charge in [0.2, 0.25) is 0 Å². The molecule has 1 rings (SSSR count). The summed E-state index contributed by atoms with van der Waals surface area (Å²) in [4.78, 5) is 8.14. The molecule has 0 saturated heterocycles. The van der Waals surface area contributed by atoms with Crippen molar-refractivity contribution in [1.82, 2.24) is 9.97 Å². The molecule has 0 unspecified atom stereocenters. The van der Waals surface area contributed by atoms with Crippen molar-refractivity contribution in [3.8, 4) is 6.07 Å². The van der Waals surface area contributed by atoms with Crippen LogP contribution >= 0.6 is 11.6 Å². The van der Waals surface area contributed by atoms with Gasteiger partial charge in [0.15, 0.2) is 0 Å². The molecule has 3 nitrogen and oxygen atoms in total. The van der Waals surface area contributed by atoms with Crippen LogP contribution in [-0.4, -0.2) is 9.97 Å². The van der Waals surface area contributed by atoms with E-state index in [9.17, 15) is 0 Å². The normalized spacial score (nSPS) is 10.1. The van der Waals surface area contributed by atoms with Crippen LogP contribution in [0.2, 0.25) is 5.15 Å². The van der Waals surface area contributed by atoms with Crippen LogP contribution in [0.1, 0.15) is 31.3 Å². The third-order valence-electron chi connectivity index (χ3n) is 1.59. The van der Waals surface area contributed by atoms with Crippen molar-refractivity contribution in [2.75, 3.05) is 0 Å². The Hall–Kier alpha value is -1.14. The predicted molar refractivity (Wildman–Crippen MR) is 50.4 cm³/mol. The van der Waals surface area contributed by atoms with E-state index in [2.05, 4.69) is 9.97 Å². The van der Waals surface area contributed by atoms with Gasteiger partial charge in [0, 0.05) is 5.69 Å². The fraction of sp³-hybridized carbons (Fsp3) is 0.444. The third-order valence-corrected chi connectivity index (χ3v) is 1.78. The zero-order valence-corrected chi connectivity index (χ0v) is 8.34. The largest absolute Gasteiger partial charge is 0.236 e. The molecule has 0 aromatic carbocycles. The van der Waals surface area contributed by atoms with Gasteiger partial charge < -0.3 is 0 Å². The highest BCUT2D eigenvalue weighted by atomic mass is 35.5. The highest BCUT2D eigenvalue weighted by molar-refractivity contribution is 6.29. The van der Waals surface area contributed by atoms with Gasteiger partial charge in [-0.05, 0) is 12.0 Å². The summed E-state index contributed by atoms with van der Waals surface area (Å²) in [7, 11) is 0. The number of rotatable bonds is 2. The minimum Gasteiger partial charge on any atom is -0.236 e. The highest BCUT2D eigenvalue weighted by Crippen LogP contribution is 2.15. The molecular weight excluding hydrogens is 186 g/mol. The Morgan fingerprint density at radius 2 is 2.23 bits per heavy atom. The van der Waals surface area contributed by atoms with E-state index in [0.717, 1.165) is 5.69 Å². The number of aromatic nitrogens is 2. The van der Waals surface area contributed by atoms with Gasteiger partial charge in [-0.2, -0.15) is 5.26 Å². The lowest BCUT2D eigenvalue weighted by Crippen LogP contribution is -2.00. The summed E-state index contributed by atoms with van der Waals surface area (Å²) < 4.78 is 0. The van der Waals surface area contributed by atoms with Crippen molar-refractivity contribution >= 4 is 11.6 Å². The van der Waals surface area contributed by atoms with E-state index in [4.69, 9.17) is 16.9 Å². The molecule has 0 bridgehead atoms. The van der Waals surface area contributed by atoms with Crippen molar-refractivity contribution < 1.29 is 0 Å². The van der Waals surface area contributed by atoms with Gasteiger partial charge in [0.05, 0.1) is 12.5 Å². The maximum atomic E-state index is 8.47. The molecule has 13 heavy (non-hydrogen) atoms. The first-order valence-electron chi connectivity index (χ1n) is 4.03. The molecule has 0 radical (unpaired) electrons. The van der Waals surface area contributed by atoms with E-state index in [1.807, 2.05) is 19.9 Å². The minimum atomic E-state index is 0.209. The molecule has 0 aliphatic carbocycles. The summed E-state index contributed by atoms with van der Waals surface area (Å²) in [6.45, 7) is 4.05. The first-order chi connectivity index (χ1) is 6.13. The Balaban J connectivity index is 3.05.